The van der Waals surface area contributed by atoms with Gasteiger partial charge in [-0.1, -0.05) is 141 Å². The summed E-state index contributed by atoms with van der Waals surface area (Å²) >= 11 is 0. The highest BCUT2D eigenvalue weighted by molar-refractivity contribution is 6.06. The highest BCUT2D eigenvalue weighted by Gasteiger charge is 2.23. The monoisotopic (exact) mass is 712 g/mol. The van der Waals surface area contributed by atoms with E-state index in [9.17, 15) is 0 Å². The molecule has 268 valence electrons. The molecule has 2 aromatic heterocycles. The molecule has 0 atom stereocenters. The Hall–Kier alpha value is -6.58. The Balaban J connectivity index is 1.33. The molecule has 0 saturated carbocycles. The van der Waals surface area contributed by atoms with Crippen LogP contribution in [-0.2, 0) is 6.42 Å². The Morgan fingerprint density at radius 1 is 0.727 bits per heavy atom. The number of aromatic nitrogens is 2. The lowest BCUT2D eigenvalue weighted by Gasteiger charge is -2.21. The summed E-state index contributed by atoms with van der Waals surface area (Å²) in [4.78, 5) is 10.8. The lowest BCUT2D eigenvalue weighted by molar-refractivity contribution is 0.669. The summed E-state index contributed by atoms with van der Waals surface area (Å²) in [7, 11) is 0. The fourth-order valence-electron chi connectivity index (χ4n) is 7.73. The normalized spacial score (nSPS) is 13.3. The van der Waals surface area contributed by atoms with Crippen LogP contribution in [0.3, 0.4) is 0 Å². The predicted molar refractivity (Wildman–Crippen MR) is 233 cm³/mol. The van der Waals surface area contributed by atoms with Gasteiger partial charge in [0.05, 0.1) is 11.4 Å². The van der Waals surface area contributed by atoms with E-state index in [1.54, 1.807) is 0 Å². The number of hydrogen-bond acceptors (Lipinski definition) is 3. The molecule has 5 aromatic carbocycles. The van der Waals surface area contributed by atoms with Crippen molar-refractivity contribution in [2.45, 2.75) is 40.0 Å². The van der Waals surface area contributed by atoms with Gasteiger partial charge < -0.3 is 4.42 Å². The minimum atomic E-state index is 0.720. The Kier molecular flexibility index (Phi) is 9.93. The van der Waals surface area contributed by atoms with Crippen molar-refractivity contribution < 1.29 is 4.42 Å². The van der Waals surface area contributed by atoms with Gasteiger partial charge in [-0.2, -0.15) is 0 Å². The molecule has 1 aliphatic rings. The van der Waals surface area contributed by atoms with Crippen LogP contribution in [0.2, 0.25) is 0 Å². The van der Waals surface area contributed by atoms with Gasteiger partial charge in [-0.05, 0) is 109 Å². The number of rotatable bonds is 10. The summed E-state index contributed by atoms with van der Waals surface area (Å²) in [5.74, 6) is 0.720. The number of aryl methyl sites for hydroxylation is 2. The number of hydrogen-bond donors (Lipinski definition) is 0. The summed E-state index contributed by atoms with van der Waals surface area (Å²) in [5.41, 5.74) is 17.0. The Morgan fingerprint density at radius 3 is 2.31 bits per heavy atom. The largest absolute Gasteiger partial charge is 0.456 e. The smallest absolute Gasteiger partial charge is 0.160 e. The van der Waals surface area contributed by atoms with E-state index in [-0.39, 0.29) is 0 Å². The van der Waals surface area contributed by atoms with Gasteiger partial charge >= 0.3 is 0 Å². The molecule has 7 aromatic rings. The topological polar surface area (TPSA) is 38.9 Å². The van der Waals surface area contributed by atoms with E-state index in [0.717, 1.165) is 97.4 Å². The van der Waals surface area contributed by atoms with Crippen LogP contribution in [0.5, 0.6) is 0 Å². The number of furan rings is 1. The van der Waals surface area contributed by atoms with Crippen LogP contribution >= 0.6 is 0 Å². The highest BCUT2D eigenvalue weighted by atomic mass is 16.3. The number of nitrogens with zero attached hydrogens (tertiary/aromatic N) is 2. The summed E-state index contributed by atoms with van der Waals surface area (Å²) in [6.07, 6.45) is 17.4. The molecule has 0 saturated heterocycles. The number of benzene rings is 5. The van der Waals surface area contributed by atoms with Crippen molar-refractivity contribution in [1.29, 1.82) is 0 Å². The van der Waals surface area contributed by atoms with Crippen LogP contribution in [0.15, 0.2) is 175 Å². The van der Waals surface area contributed by atoms with Crippen molar-refractivity contribution in [2.75, 3.05) is 0 Å². The Morgan fingerprint density at radius 2 is 1.51 bits per heavy atom. The molecule has 8 rings (SSSR count). The SMILES string of the molecule is C=C/C=C(C=C)\C(=C/Cc1ccccc1)c1nc(C2=CCCC=C2)nc(-c2cccc(C)c2-c2cc(-c3ccc4oc5ccccc5c4c3)ccc2C)c1C. The molecule has 0 amide bonds. The minimum absolute atomic E-state index is 0.720. The first kappa shape index (κ1) is 35.4. The first-order chi connectivity index (χ1) is 26.9. The summed E-state index contributed by atoms with van der Waals surface area (Å²) in [5, 5.41) is 2.25. The van der Waals surface area contributed by atoms with Gasteiger partial charge in [-0.15, -0.1) is 0 Å². The van der Waals surface area contributed by atoms with Crippen LogP contribution in [0.1, 0.15) is 46.6 Å². The maximum Gasteiger partial charge on any atom is 0.160 e. The first-order valence-electron chi connectivity index (χ1n) is 19.0. The van der Waals surface area contributed by atoms with Gasteiger partial charge in [0.1, 0.15) is 11.2 Å². The molecular formula is C52H44N2O. The van der Waals surface area contributed by atoms with Crippen molar-refractivity contribution in [1.82, 2.24) is 9.97 Å². The van der Waals surface area contributed by atoms with Crippen molar-refractivity contribution in [3.63, 3.8) is 0 Å². The number of fused-ring (bicyclic) bond motifs is 3. The molecule has 1 aliphatic carbocycles. The molecule has 2 heterocycles. The van der Waals surface area contributed by atoms with E-state index < -0.39 is 0 Å². The average Bonchev–Trinajstić information content (AvgIpc) is 3.60. The Labute approximate surface area is 324 Å². The minimum Gasteiger partial charge on any atom is -0.456 e. The molecule has 3 heteroatoms. The molecule has 0 fully saturated rings. The summed E-state index contributed by atoms with van der Waals surface area (Å²) < 4.78 is 6.16. The molecule has 0 spiro atoms. The van der Waals surface area contributed by atoms with Crippen LogP contribution in [0.4, 0.5) is 0 Å². The van der Waals surface area contributed by atoms with Gasteiger partial charge in [0.25, 0.3) is 0 Å². The molecule has 3 nitrogen and oxygen atoms in total. The van der Waals surface area contributed by atoms with Gasteiger partial charge in [0.2, 0.25) is 0 Å². The van der Waals surface area contributed by atoms with Crippen molar-refractivity contribution in [3.8, 4) is 33.5 Å². The maximum atomic E-state index is 6.16. The van der Waals surface area contributed by atoms with Gasteiger partial charge in [-0.25, -0.2) is 9.97 Å². The van der Waals surface area contributed by atoms with Crippen molar-refractivity contribution in [2.24, 2.45) is 0 Å². The second-order valence-electron chi connectivity index (χ2n) is 14.2. The van der Waals surface area contributed by atoms with E-state index in [2.05, 4.69) is 155 Å². The van der Waals surface area contributed by atoms with Crippen LogP contribution in [-0.4, -0.2) is 9.97 Å². The van der Waals surface area contributed by atoms with Gasteiger partial charge in [0.15, 0.2) is 5.82 Å². The lowest BCUT2D eigenvalue weighted by atomic mass is 9.86. The van der Waals surface area contributed by atoms with Crippen LogP contribution in [0, 0.1) is 20.8 Å². The zero-order valence-corrected chi connectivity index (χ0v) is 31.8. The zero-order valence-electron chi connectivity index (χ0n) is 31.8. The van der Waals surface area contributed by atoms with Crippen molar-refractivity contribution >= 4 is 33.1 Å². The molecule has 55 heavy (non-hydrogen) atoms. The summed E-state index contributed by atoms with van der Waals surface area (Å²) in [6.45, 7) is 14.8. The lowest BCUT2D eigenvalue weighted by Crippen LogP contribution is -2.07. The third kappa shape index (κ3) is 6.98. The van der Waals surface area contributed by atoms with Gasteiger partial charge in [0, 0.05) is 33.0 Å². The predicted octanol–water partition coefficient (Wildman–Crippen LogP) is 14.0. The quantitative estimate of drug-likeness (QED) is 0.133. The fourth-order valence-corrected chi connectivity index (χ4v) is 7.73. The van der Waals surface area contributed by atoms with Crippen LogP contribution < -0.4 is 0 Å². The molecule has 0 radical (unpaired) electrons. The third-order valence-electron chi connectivity index (χ3n) is 10.6. The fraction of sp³-hybridized carbons (Fsp3) is 0.115. The number of allylic oxidation sites excluding steroid dienone is 10. The standard InChI is InChI=1S/C52H44N2O/c1-6-17-38(7-2)42(30-27-37-19-10-8-11-20-37)50-36(5)51(54-52(53-50)39-21-12-9-13-22-39)44-24-16-18-35(4)49(44)45-32-40(28-26-34(45)3)41-29-31-48-46(33-41)43-23-14-15-25-47(43)55-48/h6-8,10-12,14-26,28-33H,1-2,9,13,27H2,3-5H3/b38-17-,42-30+. The van der Waals surface area contributed by atoms with E-state index >= 15 is 0 Å². The molecule has 0 bridgehead atoms. The molecular weight excluding hydrogens is 669 g/mol. The Bertz CT molecular complexity index is 2730. The average molecular weight is 713 g/mol. The highest BCUT2D eigenvalue weighted by Crippen LogP contribution is 2.42. The van der Waals surface area contributed by atoms with Gasteiger partial charge in [-0.3, -0.25) is 0 Å². The van der Waals surface area contributed by atoms with E-state index in [1.807, 2.05) is 30.4 Å². The second kappa shape index (κ2) is 15.4. The first-order valence-corrected chi connectivity index (χ1v) is 19.0. The van der Waals surface area contributed by atoms with E-state index in [0.29, 0.717) is 0 Å². The second-order valence-corrected chi connectivity index (χ2v) is 14.2. The van der Waals surface area contributed by atoms with Crippen molar-refractivity contribution in [3.05, 3.63) is 204 Å². The molecule has 0 unspecified atom stereocenters. The van der Waals surface area contributed by atoms with E-state index in [4.69, 9.17) is 14.4 Å². The molecule has 0 aliphatic heterocycles. The maximum absolute atomic E-state index is 6.16. The third-order valence-corrected chi connectivity index (χ3v) is 10.6. The number of para-hydroxylation sites is 1. The van der Waals surface area contributed by atoms with Crippen LogP contribution in [0.25, 0.3) is 66.6 Å². The van der Waals surface area contributed by atoms with E-state index in [1.165, 1.54) is 27.8 Å². The zero-order chi connectivity index (χ0) is 37.9. The summed E-state index contributed by atoms with van der Waals surface area (Å²) in [6, 6.07) is 38.6. The molecule has 0 N–H and O–H groups in total.